The number of hydrogen-bond donors (Lipinski definition) is 3. The third-order valence-corrected chi connectivity index (χ3v) is 3.99. The fourth-order valence-electron chi connectivity index (χ4n) is 2.79. The van der Waals surface area contributed by atoms with Crippen LogP contribution in [0, 0.1) is 0 Å². The average Bonchev–Trinajstić information content (AvgIpc) is 2.52. The van der Waals surface area contributed by atoms with Crippen LogP contribution >= 0.6 is 0 Å². The fourth-order valence-corrected chi connectivity index (χ4v) is 2.79. The number of hydrogen-bond acceptors (Lipinski definition) is 2. The molecule has 0 bridgehead atoms. The van der Waals surface area contributed by atoms with E-state index < -0.39 is 0 Å². The highest BCUT2D eigenvalue weighted by Crippen LogP contribution is 2.17. The molecule has 0 aromatic heterocycles. The van der Waals surface area contributed by atoms with Gasteiger partial charge in [0, 0.05) is 6.04 Å². The second-order valence-corrected chi connectivity index (χ2v) is 5.41. The first-order valence-corrected chi connectivity index (χ1v) is 7.68. The van der Waals surface area contributed by atoms with Crippen LogP contribution in [-0.2, 0) is 13.0 Å². The van der Waals surface area contributed by atoms with Gasteiger partial charge in [-0.05, 0) is 30.4 Å². The molecule has 0 amide bonds. The smallest absolute Gasteiger partial charge is 0.206 e. The second-order valence-electron chi connectivity index (χ2n) is 5.41. The number of rotatable bonds is 4. The minimum Gasteiger partial charge on any atom is -0.353 e. The Morgan fingerprint density at radius 1 is 1.20 bits per heavy atom. The summed E-state index contributed by atoms with van der Waals surface area (Å²) in [7, 11) is 0. The van der Waals surface area contributed by atoms with E-state index in [1.807, 2.05) is 0 Å². The van der Waals surface area contributed by atoms with Crippen molar-refractivity contribution in [3.05, 3.63) is 35.4 Å². The maximum absolute atomic E-state index is 5.58. The molecule has 0 aliphatic heterocycles. The first-order valence-electron chi connectivity index (χ1n) is 7.68. The summed E-state index contributed by atoms with van der Waals surface area (Å²) in [6, 6.07) is 8.95. The van der Waals surface area contributed by atoms with Gasteiger partial charge in [0.25, 0.3) is 0 Å². The molecular formula is C16H26N4. The zero-order valence-corrected chi connectivity index (χ0v) is 12.4. The molecule has 0 atom stereocenters. The van der Waals surface area contributed by atoms with Gasteiger partial charge in [-0.2, -0.15) is 0 Å². The first-order chi connectivity index (χ1) is 9.83. The molecule has 1 aliphatic carbocycles. The number of benzene rings is 1. The van der Waals surface area contributed by atoms with E-state index in [1.54, 1.807) is 0 Å². The monoisotopic (exact) mass is 274 g/mol. The van der Waals surface area contributed by atoms with Gasteiger partial charge in [0.15, 0.2) is 0 Å². The van der Waals surface area contributed by atoms with E-state index in [1.165, 1.54) is 43.2 Å². The van der Waals surface area contributed by atoms with E-state index in [0.29, 0.717) is 18.5 Å². The van der Waals surface area contributed by atoms with Crippen molar-refractivity contribution in [3.63, 3.8) is 0 Å². The number of aliphatic imine (C=N–C) groups is 1. The number of nitrogens with two attached hydrogens (primary N) is 1. The average molecular weight is 274 g/mol. The lowest BCUT2D eigenvalue weighted by Gasteiger charge is -2.24. The summed E-state index contributed by atoms with van der Waals surface area (Å²) in [5, 5.41) is 3.43. The molecule has 1 aromatic carbocycles. The van der Waals surface area contributed by atoms with E-state index >= 15 is 0 Å². The maximum atomic E-state index is 5.58. The summed E-state index contributed by atoms with van der Waals surface area (Å²) in [5.41, 5.74) is 5.32. The number of nitrogens with zero attached hydrogens (tertiary/aromatic N) is 1. The van der Waals surface area contributed by atoms with E-state index in [-0.39, 0.29) is 0 Å². The second kappa shape index (κ2) is 7.90. The van der Waals surface area contributed by atoms with Crippen molar-refractivity contribution >= 4 is 5.96 Å². The van der Waals surface area contributed by atoms with Crippen molar-refractivity contribution in [3.8, 4) is 0 Å². The van der Waals surface area contributed by atoms with Gasteiger partial charge in [0.2, 0.25) is 5.96 Å². The van der Waals surface area contributed by atoms with Gasteiger partial charge in [-0.3, -0.25) is 5.43 Å². The zero-order valence-electron chi connectivity index (χ0n) is 12.4. The Bertz CT molecular complexity index is 436. The third-order valence-electron chi connectivity index (χ3n) is 3.99. The van der Waals surface area contributed by atoms with Crippen molar-refractivity contribution < 1.29 is 0 Å². The summed E-state index contributed by atoms with van der Waals surface area (Å²) in [6.45, 7) is 2.84. The molecule has 0 spiro atoms. The highest BCUT2D eigenvalue weighted by atomic mass is 15.3. The van der Waals surface area contributed by atoms with Crippen molar-refractivity contribution in [1.82, 2.24) is 10.7 Å². The molecule has 20 heavy (non-hydrogen) atoms. The van der Waals surface area contributed by atoms with Crippen LogP contribution in [0.1, 0.15) is 50.2 Å². The highest BCUT2D eigenvalue weighted by molar-refractivity contribution is 5.79. The van der Waals surface area contributed by atoms with E-state index in [0.717, 1.165) is 6.42 Å². The molecule has 1 aliphatic rings. The van der Waals surface area contributed by atoms with Crippen LogP contribution in [0.25, 0.3) is 0 Å². The first kappa shape index (κ1) is 14.9. The van der Waals surface area contributed by atoms with E-state index in [9.17, 15) is 0 Å². The van der Waals surface area contributed by atoms with E-state index in [4.69, 9.17) is 5.84 Å². The SMILES string of the molecule is CCc1ccccc1CN=C(NN)NC1CCCCC1. The summed E-state index contributed by atoms with van der Waals surface area (Å²) < 4.78 is 0. The molecule has 4 nitrogen and oxygen atoms in total. The van der Waals surface area contributed by atoms with Crippen LogP contribution in [0.5, 0.6) is 0 Å². The molecule has 110 valence electrons. The molecule has 0 saturated heterocycles. The van der Waals surface area contributed by atoms with Crippen LogP contribution in [0.15, 0.2) is 29.3 Å². The predicted molar refractivity (Wildman–Crippen MR) is 84.3 cm³/mol. The molecule has 1 fully saturated rings. The van der Waals surface area contributed by atoms with Gasteiger partial charge in [0.1, 0.15) is 0 Å². The van der Waals surface area contributed by atoms with Crippen LogP contribution in [0.2, 0.25) is 0 Å². The van der Waals surface area contributed by atoms with Crippen molar-refractivity contribution in [2.24, 2.45) is 10.8 Å². The maximum Gasteiger partial charge on any atom is 0.206 e. The molecule has 0 radical (unpaired) electrons. The lowest BCUT2D eigenvalue weighted by Crippen LogP contribution is -2.47. The Morgan fingerprint density at radius 3 is 2.55 bits per heavy atom. The zero-order chi connectivity index (χ0) is 14.2. The number of nitrogens with one attached hydrogen (secondary N) is 2. The van der Waals surface area contributed by atoms with Gasteiger partial charge in [-0.1, -0.05) is 50.5 Å². The summed E-state index contributed by atoms with van der Waals surface area (Å²) >= 11 is 0. The van der Waals surface area contributed by atoms with Crippen molar-refractivity contribution in [2.45, 2.75) is 58.0 Å². The molecule has 1 aromatic rings. The van der Waals surface area contributed by atoms with Gasteiger partial charge >= 0.3 is 0 Å². The lowest BCUT2D eigenvalue weighted by molar-refractivity contribution is 0.410. The largest absolute Gasteiger partial charge is 0.353 e. The van der Waals surface area contributed by atoms with Crippen LogP contribution in [0.3, 0.4) is 0 Å². The summed E-state index contributed by atoms with van der Waals surface area (Å²) in [5.74, 6) is 6.29. The van der Waals surface area contributed by atoms with Crippen LogP contribution in [-0.4, -0.2) is 12.0 Å². The Kier molecular flexibility index (Phi) is 5.87. The predicted octanol–water partition coefficient (Wildman–Crippen LogP) is 2.49. The van der Waals surface area contributed by atoms with Crippen molar-refractivity contribution in [2.75, 3.05) is 0 Å². The lowest BCUT2D eigenvalue weighted by atomic mass is 9.96. The highest BCUT2D eigenvalue weighted by Gasteiger charge is 2.14. The van der Waals surface area contributed by atoms with Crippen molar-refractivity contribution in [1.29, 1.82) is 0 Å². The fraction of sp³-hybridized carbons (Fsp3) is 0.562. The van der Waals surface area contributed by atoms with Gasteiger partial charge in [-0.25, -0.2) is 10.8 Å². The number of hydrazine groups is 1. The third kappa shape index (κ3) is 4.23. The summed E-state index contributed by atoms with van der Waals surface area (Å²) in [4.78, 5) is 4.58. The number of aryl methyl sites for hydroxylation is 1. The molecule has 1 saturated carbocycles. The Morgan fingerprint density at radius 2 is 1.90 bits per heavy atom. The Balaban J connectivity index is 1.96. The minimum absolute atomic E-state index is 0.514. The van der Waals surface area contributed by atoms with Gasteiger partial charge < -0.3 is 5.32 Å². The molecule has 4 N–H and O–H groups in total. The molecular weight excluding hydrogens is 248 g/mol. The molecule has 0 heterocycles. The minimum atomic E-state index is 0.514. The summed E-state index contributed by atoms with van der Waals surface area (Å²) in [6.07, 6.45) is 7.42. The molecule has 2 rings (SSSR count). The van der Waals surface area contributed by atoms with Gasteiger partial charge in [-0.15, -0.1) is 0 Å². The van der Waals surface area contributed by atoms with E-state index in [2.05, 4.69) is 46.9 Å². The van der Waals surface area contributed by atoms with Crippen LogP contribution < -0.4 is 16.6 Å². The van der Waals surface area contributed by atoms with Crippen LogP contribution in [0.4, 0.5) is 0 Å². The normalized spacial score (nSPS) is 17.0. The molecule has 4 heteroatoms. The standard InChI is InChI=1S/C16H26N4/c1-2-13-8-6-7-9-14(13)12-18-16(20-17)19-15-10-4-3-5-11-15/h6-9,15H,2-5,10-12,17H2,1H3,(H2,18,19,20). The molecule has 0 unspecified atom stereocenters. The Labute approximate surface area is 121 Å². The topological polar surface area (TPSA) is 62.4 Å². The number of guanidine groups is 1. The quantitative estimate of drug-likeness (QED) is 0.342. The Hall–Kier alpha value is -1.55. The van der Waals surface area contributed by atoms with Gasteiger partial charge in [0.05, 0.1) is 6.54 Å².